The normalized spacial score (nSPS) is 12.5. The van der Waals surface area contributed by atoms with Gasteiger partial charge >= 0.3 is 0 Å². The molecule has 0 saturated heterocycles. The van der Waals surface area contributed by atoms with Gasteiger partial charge in [0.2, 0.25) is 0 Å². The van der Waals surface area contributed by atoms with E-state index in [-0.39, 0.29) is 11.5 Å². The first-order chi connectivity index (χ1) is 7.74. The van der Waals surface area contributed by atoms with Gasteiger partial charge in [-0.2, -0.15) is 0 Å². The van der Waals surface area contributed by atoms with Crippen molar-refractivity contribution >= 4 is 9.84 Å². The van der Waals surface area contributed by atoms with E-state index in [1.807, 2.05) is 13.8 Å². The lowest BCUT2D eigenvalue weighted by Crippen LogP contribution is -2.29. The van der Waals surface area contributed by atoms with E-state index in [0.29, 0.717) is 12.2 Å². The lowest BCUT2D eigenvalue weighted by molar-refractivity contribution is 0.0764. The molecule has 0 aliphatic carbocycles. The lowest BCUT2D eigenvalue weighted by atomic mass is 10.1. The summed E-state index contributed by atoms with van der Waals surface area (Å²) in [7, 11) is -3.17. The average molecular weight is 258 g/mol. The molecular formula is C12H18O4S. The maximum absolute atomic E-state index is 11.3. The third-order valence-electron chi connectivity index (χ3n) is 2.36. The fraction of sp³-hybridized carbons (Fsp3) is 0.500. The van der Waals surface area contributed by atoms with E-state index in [9.17, 15) is 8.42 Å². The zero-order chi connectivity index (χ0) is 13.1. The molecule has 4 nitrogen and oxygen atoms in total. The van der Waals surface area contributed by atoms with Crippen LogP contribution in [0.3, 0.4) is 0 Å². The number of ether oxygens (including phenoxy) is 1. The van der Waals surface area contributed by atoms with Crippen LogP contribution in [0.1, 0.15) is 20.3 Å². The van der Waals surface area contributed by atoms with E-state index >= 15 is 0 Å². The highest BCUT2D eigenvalue weighted by molar-refractivity contribution is 7.90. The van der Waals surface area contributed by atoms with Crippen LogP contribution in [-0.2, 0) is 9.84 Å². The molecule has 0 saturated carbocycles. The summed E-state index contributed by atoms with van der Waals surface area (Å²) in [6.45, 7) is 3.79. The molecule has 5 heteroatoms. The summed E-state index contributed by atoms with van der Waals surface area (Å²) in [5.74, 6) is 0.593. The lowest BCUT2D eigenvalue weighted by Gasteiger charge is -2.25. The molecule has 0 spiro atoms. The predicted molar refractivity (Wildman–Crippen MR) is 66.0 cm³/mol. The van der Waals surface area contributed by atoms with Crippen molar-refractivity contribution in [2.75, 3.05) is 12.9 Å². The quantitative estimate of drug-likeness (QED) is 0.872. The van der Waals surface area contributed by atoms with Crippen molar-refractivity contribution < 1.29 is 18.3 Å². The molecule has 96 valence electrons. The Morgan fingerprint density at radius 3 is 2.18 bits per heavy atom. The number of benzene rings is 1. The molecule has 0 fully saturated rings. The molecule has 0 radical (unpaired) electrons. The molecule has 0 amide bonds. The Bertz CT molecular complexity index is 460. The molecule has 0 aliphatic rings. The van der Waals surface area contributed by atoms with Gasteiger partial charge in [-0.05, 0) is 38.1 Å². The number of hydrogen-bond acceptors (Lipinski definition) is 4. The van der Waals surface area contributed by atoms with E-state index < -0.39 is 15.4 Å². The van der Waals surface area contributed by atoms with Crippen LogP contribution in [-0.4, -0.2) is 32.0 Å². The molecule has 1 aromatic rings. The Hall–Kier alpha value is -1.07. The minimum atomic E-state index is -3.17. The molecule has 0 heterocycles. The predicted octanol–water partition coefficient (Wildman–Crippen LogP) is 1.63. The molecular weight excluding hydrogens is 240 g/mol. The number of rotatable bonds is 5. The number of aliphatic hydroxyl groups is 1. The van der Waals surface area contributed by atoms with Crippen molar-refractivity contribution in [2.45, 2.75) is 30.8 Å². The second-order valence-corrected chi connectivity index (χ2v) is 6.59. The first kappa shape index (κ1) is 14.0. The summed E-state index contributed by atoms with van der Waals surface area (Å²) in [5.41, 5.74) is -0.471. The standard InChI is InChI=1S/C12H18O4S/c1-12(2,8-9-13)16-10-4-6-11(7-5-10)17(3,14)15/h4-7,13H,8-9H2,1-3H3. The van der Waals surface area contributed by atoms with Crippen molar-refractivity contribution in [2.24, 2.45) is 0 Å². The molecule has 1 rings (SSSR count). The summed E-state index contributed by atoms with van der Waals surface area (Å²) >= 11 is 0. The van der Waals surface area contributed by atoms with Crippen molar-refractivity contribution in [3.05, 3.63) is 24.3 Å². The van der Waals surface area contributed by atoms with Crippen molar-refractivity contribution in [3.63, 3.8) is 0 Å². The highest BCUT2D eigenvalue weighted by Gasteiger charge is 2.19. The second kappa shape index (κ2) is 5.06. The minimum Gasteiger partial charge on any atom is -0.488 e. The molecule has 0 bridgehead atoms. The van der Waals surface area contributed by atoms with Crippen LogP contribution in [0.4, 0.5) is 0 Å². The summed E-state index contributed by atoms with van der Waals surface area (Å²) in [5, 5.41) is 8.87. The topological polar surface area (TPSA) is 63.6 Å². The first-order valence-corrected chi connectivity index (χ1v) is 7.24. The van der Waals surface area contributed by atoms with Gasteiger partial charge in [0.05, 0.1) is 4.90 Å². The Kier molecular flexibility index (Phi) is 4.16. The van der Waals surface area contributed by atoms with E-state index in [4.69, 9.17) is 9.84 Å². The van der Waals surface area contributed by atoms with Gasteiger partial charge in [0.25, 0.3) is 0 Å². The molecule has 0 unspecified atom stereocenters. The Morgan fingerprint density at radius 2 is 1.76 bits per heavy atom. The number of sulfone groups is 1. The van der Waals surface area contributed by atoms with Crippen LogP contribution in [0.25, 0.3) is 0 Å². The Morgan fingerprint density at radius 1 is 1.24 bits per heavy atom. The van der Waals surface area contributed by atoms with Crippen molar-refractivity contribution in [1.29, 1.82) is 0 Å². The Balaban J connectivity index is 2.82. The second-order valence-electron chi connectivity index (χ2n) is 4.58. The average Bonchev–Trinajstić information content (AvgIpc) is 2.16. The smallest absolute Gasteiger partial charge is 0.175 e. The molecule has 0 aromatic heterocycles. The molecule has 17 heavy (non-hydrogen) atoms. The first-order valence-electron chi connectivity index (χ1n) is 5.35. The highest BCUT2D eigenvalue weighted by Crippen LogP contribution is 2.22. The molecule has 0 aliphatic heterocycles. The minimum absolute atomic E-state index is 0.0500. The van der Waals surface area contributed by atoms with E-state index in [2.05, 4.69) is 0 Å². The molecule has 1 aromatic carbocycles. The maximum atomic E-state index is 11.3. The third-order valence-corrected chi connectivity index (χ3v) is 3.49. The highest BCUT2D eigenvalue weighted by atomic mass is 32.2. The summed E-state index contributed by atoms with van der Waals surface area (Å²) < 4.78 is 28.2. The monoisotopic (exact) mass is 258 g/mol. The van der Waals surface area contributed by atoms with Gasteiger partial charge in [0.1, 0.15) is 11.4 Å². The zero-order valence-corrected chi connectivity index (χ0v) is 11.1. The van der Waals surface area contributed by atoms with Crippen LogP contribution in [0, 0.1) is 0 Å². The van der Waals surface area contributed by atoms with Gasteiger partial charge in [0.15, 0.2) is 9.84 Å². The van der Waals surface area contributed by atoms with Gasteiger partial charge in [0, 0.05) is 19.3 Å². The van der Waals surface area contributed by atoms with Gasteiger partial charge < -0.3 is 9.84 Å². The van der Waals surface area contributed by atoms with Crippen molar-refractivity contribution in [3.8, 4) is 5.75 Å². The van der Waals surface area contributed by atoms with Crippen LogP contribution in [0.5, 0.6) is 5.75 Å². The molecule has 0 atom stereocenters. The summed E-state index contributed by atoms with van der Waals surface area (Å²) in [4.78, 5) is 0.268. The summed E-state index contributed by atoms with van der Waals surface area (Å²) in [6.07, 6.45) is 1.68. The van der Waals surface area contributed by atoms with Crippen LogP contribution in [0.15, 0.2) is 29.2 Å². The van der Waals surface area contributed by atoms with Crippen molar-refractivity contribution in [1.82, 2.24) is 0 Å². The van der Waals surface area contributed by atoms with Crippen LogP contribution in [0.2, 0.25) is 0 Å². The fourth-order valence-electron chi connectivity index (χ4n) is 1.39. The molecule has 1 N–H and O–H groups in total. The summed E-state index contributed by atoms with van der Waals surface area (Å²) in [6, 6.07) is 6.27. The van der Waals surface area contributed by atoms with Gasteiger partial charge in [-0.3, -0.25) is 0 Å². The van der Waals surface area contributed by atoms with Gasteiger partial charge in [-0.15, -0.1) is 0 Å². The zero-order valence-electron chi connectivity index (χ0n) is 10.3. The van der Waals surface area contributed by atoms with Crippen LogP contribution < -0.4 is 4.74 Å². The van der Waals surface area contributed by atoms with E-state index in [0.717, 1.165) is 0 Å². The third kappa shape index (κ3) is 4.36. The number of aliphatic hydroxyl groups excluding tert-OH is 1. The Labute approximate surface area is 102 Å². The van der Waals surface area contributed by atoms with Crippen LogP contribution >= 0.6 is 0 Å². The van der Waals surface area contributed by atoms with E-state index in [1.165, 1.54) is 18.4 Å². The SMILES string of the molecule is CC(C)(CCO)Oc1ccc(S(C)(=O)=O)cc1. The maximum Gasteiger partial charge on any atom is 0.175 e. The van der Waals surface area contributed by atoms with Gasteiger partial charge in [-0.1, -0.05) is 0 Å². The van der Waals surface area contributed by atoms with E-state index in [1.54, 1.807) is 12.1 Å². The largest absolute Gasteiger partial charge is 0.488 e. The van der Waals surface area contributed by atoms with Gasteiger partial charge in [-0.25, -0.2) is 8.42 Å². The fourth-order valence-corrected chi connectivity index (χ4v) is 2.02. The number of hydrogen-bond donors (Lipinski definition) is 1.